The van der Waals surface area contributed by atoms with Crippen LogP contribution in [0.2, 0.25) is 5.15 Å². The topological polar surface area (TPSA) is 153 Å². The number of phenols is 1. The number of nitrogens with zero attached hydrogens (tertiary/aromatic N) is 6. The fourth-order valence-corrected chi connectivity index (χ4v) is 9.12. The van der Waals surface area contributed by atoms with Crippen LogP contribution in [0, 0.1) is 321 Å². The summed E-state index contributed by atoms with van der Waals surface area (Å²) in [7, 11) is 0. The molecular weight excluding hydrogens is 1530 g/mol. The van der Waals surface area contributed by atoms with Crippen LogP contribution in [-0.2, 0) is 4.79 Å². The first-order valence-electron chi connectivity index (χ1n) is 33.2. The van der Waals surface area contributed by atoms with Gasteiger partial charge in [-0.1, -0.05) is 79.7 Å². The Kier molecular flexibility index (Phi) is 36.9. The number of rotatable bonds is 4. The van der Waals surface area contributed by atoms with E-state index in [1.54, 1.807) is 49.3 Å². The number of carboxylic acids is 1. The molecule has 0 atom stereocenters. The third-order valence-electron chi connectivity index (χ3n) is 13.5. The van der Waals surface area contributed by atoms with Crippen molar-refractivity contribution in [2.45, 2.75) is 13.6 Å². The van der Waals surface area contributed by atoms with E-state index in [2.05, 4.69) is 367 Å². The predicted octanol–water partition coefficient (Wildman–Crippen LogP) is 14.0. The van der Waals surface area contributed by atoms with Gasteiger partial charge in [0.05, 0.1) is 34.7 Å². The van der Waals surface area contributed by atoms with Crippen LogP contribution in [0.1, 0.15) is 7.43 Å². The largest absolute Gasteiger partial charge is 0.507 e. The first-order valence-corrected chi connectivity index (χ1v) is 33.6. The minimum atomic E-state index is -5.08. The molecule has 0 radical (unpaired) electrons. The molecule has 12 nitrogen and oxygen atoms in total. The maximum atomic E-state index is 10.6. The number of aromatic nitrogens is 6. The highest BCUT2D eigenvalue weighted by molar-refractivity contribution is 6.34. The van der Waals surface area contributed by atoms with E-state index >= 15 is 0 Å². The summed E-state index contributed by atoms with van der Waals surface area (Å²) in [4.78, 5) is 25.9. The van der Waals surface area contributed by atoms with Gasteiger partial charge in [-0.05, 0) is 178 Å². The summed E-state index contributed by atoms with van der Waals surface area (Å²) in [6, 6.07) is 43.3. The Hall–Kier alpha value is -20.6. The second-order valence-corrected chi connectivity index (χ2v) is 21.2. The van der Waals surface area contributed by atoms with E-state index in [-0.39, 0.29) is 7.43 Å². The summed E-state index contributed by atoms with van der Waals surface area (Å²) in [5.74, 6) is 127. The fourth-order valence-electron chi connectivity index (χ4n) is 8.91. The number of carboxylic acid groups (broad SMARTS) is 1. The van der Waals surface area contributed by atoms with Gasteiger partial charge in [-0.2, -0.15) is 13.2 Å². The number of hydrogen-bond donors (Lipinski definition) is 2. The summed E-state index contributed by atoms with van der Waals surface area (Å²) in [5.41, 5.74) is 7.71. The number of benzene rings is 4. The number of aliphatic carboxylic acids is 1. The molecule has 8 aromatic heterocycles. The third-order valence-corrected chi connectivity index (χ3v) is 13.8. The number of furan rings is 2. The zero-order chi connectivity index (χ0) is 84.6. The Morgan fingerprint density at radius 2 is 0.661 bits per heavy atom. The van der Waals surface area contributed by atoms with Crippen molar-refractivity contribution in [2.75, 3.05) is 0 Å². The normalized spacial score (nSPS) is 7.85. The monoisotopic (exact) mass is 1570 g/mol. The highest BCUT2D eigenvalue weighted by Gasteiger charge is 2.38. The third kappa shape index (κ3) is 30.3. The number of fused-ring (bicyclic) bond motifs is 6. The maximum Gasteiger partial charge on any atom is 0.490 e. The molecule has 0 saturated carbocycles. The molecule has 8 heterocycles. The van der Waals surface area contributed by atoms with Crippen LogP contribution in [0.5, 0.6) is 17.4 Å². The number of halogens is 4. The van der Waals surface area contributed by atoms with Gasteiger partial charge >= 0.3 is 12.1 Å². The van der Waals surface area contributed by atoms with Crippen LogP contribution in [0.15, 0.2) is 192 Å². The molecule has 0 fully saturated rings. The lowest BCUT2D eigenvalue weighted by molar-refractivity contribution is -0.192. The summed E-state index contributed by atoms with van der Waals surface area (Å²) in [5, 5.41) is 23.3. The molecule has 12 aromatic rings. The average molecular weight is 1570 g/mol. The Morgan fingerprint density at radius 3 is 1.01 bits per heavy atom. The van der Waals surface area contributed by atoms with Gasteiger partial charge in [-0.3, -0.25) is 8.80 Å². The van der Waals surface area contributed by atoms with Gasteiger partial charge in [-0.15, -0.1) is 12.8 Å². The number of hydrogen-bond acceptors (Lipinski definition) is 9. The Bertz CT molecular complexity index is 7780. The van der Waals surface area contributed by atoms with E-state index in [4.69, 9.17) is 47.9 Å². The first kappa shape index (κ1) is 87.7. The summed E-state index contributed by atoms with van der Waals surface area (Å²) >= 11 is 5.73. The molecule has 2 N–H and O–H groups in total. The van der Waals surface area contributed by atoms with Gasteiger partial charge in [0.2, 0.25) is 5.88 Å². The smallest absolute Gasteiger partial charge is 0.490 e. The molecule has 0 amide bonds. The van der Waals surface area contributed by atoms with Crippen molar-refractivity contribution in [2.24, 2.45) is 0 Å². The average Bonchev–Trinajstić information content (AvgIpc) is 1.76. The van der Waals surface area contributed by atoms with E-state index in [1.807, 2.05) is 104 Å². The molecule has 121 heavy (non-hydrogen) atoms. The van der Waals surface area contributed by atoms with Gasteiger partial charge in [0.1, 0.15) is 39.1 Å². The van der Waals surface area contributed by atoms with Gasteiger partial charge in [0, 0.05) is 272 Å². The number of carbonyl (C=O) groups is 1. The molecule has 0 spiro atoms. The van der Waals surface area contributed by atoms with Crippen molar-refractivity contribution >= 4 is 72.3 Å². The standard InChI is InChI=1S/C54H2.C24H15N3O2.C17H12N2O.C7H4ClNO.C2HF3O2.CH4/c1-3-5-7-9-11-13-15-17-19-21-23-25-27-29-31-33-35-37-39-41-43-45-47-49-51-53-54-52-50-48-46-44-42-40-38-36-34-32-30-28-26-24-22-20-18-16-14-12-10-8-6-4-2;1-2-5-18-16(4-1)17(20-6-3-7-23-25-13-14-27(20)23)8-9-22(18)29-24-19-11-15-28-21(19)10-12-26-24;20-16-9-8-13(12-4-1-2-5-14(12)16)15-6-3-7-17-18-10-11-19(15)17;8-7-5-2-4-10-6(5)1-3-9-7;3-2(4,5)1(6)7;/h1-2H;1-15H;1-11,20H;1-4H;(H,6,7);1H4. The summed E-state index contributed by atoms with van der Waals surface area (Å²) < 4.78 is 52.7. The second-order valence-electron chi connectivity index (χ2n) is 20.8. The Labute approximate surface area is 701 Å². The molecule has 0 unspecified atom stereocenters. The van der Waals surface area contributed by atoms with Crippen molar-refractivity contribution in [1.82, 2.24) is 28.7 Å². The lowest BCUT2D eigenvalue weighted by Crippen LogP contribution is -2.21. The van der Waals surface area contributed by atoms with Crippen molar-refractivity contribution in [1.29, 1.82) is 0 Å². The fraction of sp³-hybridized carbons (Fsp3) is 0.0190. The minimum absolute atomic E-state index is 0. The number of alkyl halides is 3. The van der Waals surface area contributed by atoms with E-state index in [1.165, 1.54) is 0 Å². The van der Waals surface area contributed by atoms with Crippen molar-refractivity contribution in [3.05, 3.63) is 188 Å². The quantitative estimate of drug-likeness (QED) is 0.129. The number of imidazole rings is 2. The van der Waals surface area contributed by atoms with Gasteiger partial charge in [0.15, 0.2) is 0 Å². The molecule has 4 aromatic carbocycles. The van der Waals surface area contributed by atoms with Gasteiger partial charge < -0.3 is 23.8 Å². The molecule has 16 heteroatoms. The van der Waals surface area contributed by atoms with Crippen molar-refractivity contribution in [3.8, 4) is 361 Å². The van der Waals surface area contributed by atoms with Crippen LogP contribution in [0.3, 0.4) is 0 Å². The van der Waals surface area contributed by atoms with Crippen molar-refractivity contribution in [3.63, 3.8) is 0 Å². The van der Waals surface area contributed by atoms with E-state index in [9.17, 15) is 18.3 Å². The van der Waals surface area contributed by atoms with E-state index < -0.39 is 12.1 Å². The van der Waals surface area contributed by atoms with Gasteiger partial charge in [0.25, 0.3) is 0 Å². The van der Waals surface area contributed by atoms with Crippen LogP contribution in [0.25, 0.3) is 77.3 Å². The highest BCUT2D eigenvalue weighted by Crippen LogP contribution is 2.39. The number of phenolic OH excluding ortho intramolecular Hbond substituents is 1. The maximum absolute atomic E-state index is 10.6. The first-order chi connectivity index (χ1) is 59.0. The Morgan fingerprint density at radius 1 is 0.355 bits per heavy atom. The number of ether oxygens (including phenoxy) is 1. The van der Waals surface area contributed by atoms with Crippen molar-refractivity contribution < 1.29 is 41.8 Å². The lowest BCUT2D eigenvalue weighted by Gasteiger charge is -2.13. The number of pyridine rings is 4. The highest BCUT2D eigenvalue weighted by atomic mass is 35.5. The van der Waals surface area contributed by atoms with Gasteiger partial charge in [-0.25, -0.2) is 24.7 Å². The minimum Gasteiger partial charge on any atom is -0.507 e. The van der Waals surface area contributed by atoms with Crippen LogP contribution < -0.4 is 4.74 Å². The van der Waals surface area contributed by atoms with Crippen LogP contribution in [-0.4, -0.2) is 51.1 Å². The van der Waals surface area contributed by atoms with Crippen LogP contribution >= 0.6 is 11.6 Å². The molecule has 0 bridgehead atoms. The number of terminal acetylenes is 2. The lowest BCUT2D eigenvalue weighted by atomic mass is 10.0. The molecule has 12 rings (SSSR count). The van der Waals surface area contributed by atoms with E-state index in [0.717, 1.165) is 83.0 Å². The molecule has 552 valence electrons. The zero-order valence-electron chi connectivity index (χ0n) is 61.2. The molecule has 0 aliphatic carbocycles. The molecule has 0 saturated heterocycles. The SMILES string of the molecule is C.C#CC#CC#CC#CC#CC#CC#CC#CC#CC#CC#CC#CC#CC#CC#CC#CC#CC#CC#CC#CC#CC#CC#CC#CC#CC#CC#C.Clc1nccc2occc12.O=C(O)C(F)(F)F.Oc1ccc(-c2cccc3nccn23)c2ccccc12.c1ccc2c(-c3cccc4nccn34)ccc(Oc3nccc4occc34)c2c1. The predicted molar refractivity (Wildman–Crippen MR) is 464 cm³/mol. The summed E-state index contributed by atoms with van der Waals surface area (Å²) in [6.45, 7) is 0. The van der Waals surface area contributed by atoms with Crippen LogP contribution in [0.4, 0.5) is 13.2 Å². The number of aromatic hydroxyl groups is 1. The molecular formula is C105H38ClF3N6O6. The molecule has 0 aliphatic rings. The van der Waals surface area contributed by atoms with E-state index in [0.29, 0.717) is 16.8 Å². The summed E-state index contributed by atoms with van der Waals surface area (Å²) in [6.07, 6.45) is 18.9. The molecule has 0 aliphatic heterocycles. The second kappa shape index (κ2) is 51.0. The zero-order valence-corrected chi connectivity index (χ0v) is 62.0. The Balaban J connectivity index is 0.000000244.